The molecule has 1 saturated carbocycles. The van der Waals surface area contributed by atoms with Gasteiger partial charge in [-0.15, -0.1) is 0 Å². The predicted octanol–water partition coefficient (Wildman–Crippen LogP) is 4.12. The fraction of sp³-hybridized carbons (Fsp3) is 0.828. The molecular formula is C29H45N3O4. The number of hydrogen-bond donors (Lipinski definition) is 0. The summed E-state index contributed by atoms with van der Waals surface area (Å²) in [5, 5.41) is 0. The van der Waals surface area contributed by atoms with Crippen LogP contribution in [0.4, 0.5) is 4.79 Å². The highest BCUT2D eigenvalue weighted by Gasteiger charge is 2.58. The monoisotopic (exact) mass is 499 g/mol. The summed E-state index contributed by atoms with van der Waals surface area (Å²) in [6.07, 6.45) is 5.96. The number of amides is 2. The Morgan fingerprint density at radius 3 is 2.25 bits per heavy atom. The number of ketones is 1. The van der Waals surface area contributed by atoms with Gasteiger partial charge < -0.3 is 9.64 Å². The average molecular weight is 500 g/mol. The Balaban J connectivity index is 1.29. The molecule has 0 aromatic carbocycles. The predicted molar refractivity (Wildman–Crippen MR) is 138 cm³/mol. The molecule has 2 unspecified atom stereocenters. The van der Waals surface area contributed by atoms with Crippen molar-refractivity contribution in [3.8, 4) is 0 Å². The van der Waals surface area contributed by atoms with Crippen LogP contribution < -0.4 is 0 Å². The Morgan fingerprint density at radius 2 is 1.69 bits per heavy atom. The van der Waals surface area contributed by atoms with Gasteiger partial charge in [0.25, 0.3) is 0 Å². The lowest BCUT2D eigenvalue weighted by Gasteiger charge is -2.59. The highest BCUT2D eigenvalue weighted by molar-refractivity contribution is 5.95. The minimum absolute atomic E-state index is 0.0333. The van der Waals surface area contributed by atoms with E-state index in [-0.39, 0.29) is 11.7 Å². The number of nitrogens with zero attached hydrogens (tertiary/aromatic N) is 3. The van der Waals surface area contributed by atoms with Gasteiger partial charge in [-0.2, -0.15) is 0 Å². The number of fused-ring (bicyclic) bond motifs is 3. The van der Waals surface area contributed by atoms with Crippen LogP contribution in [-0.4, -0.2) is 83.4 Å². The molecule has 36 heavy (non-hydrogen) atoms. The topological polar surface area (TPSA) is 70.2 Å². The number of hydrogen-bond acceptors (Lipinski definition) is 5. The van der Waals surface area contributed by atoms with Gasteiger partial charge in [-0.05, 0) is 77.6 Å². The van der Waals surface area contributed by atoms with Crippen molar-refractivity contribution < 1.29 is 19.1 Å². The van der Waals surface area contributed by atoms with Gasteiger partial charge in [0, 0.05) is 39.3 Å². The van der Waals surface area contributed by atoms with Crippen LogP contribution in [0.2, 0.25) is 0 Å². The van der Waals surface area contributed by atoms with Crippen molar-refractivity contribution >= 4 is 17.8 Å². The SMILES string of the molecule is CC(C)(C)OC(=O)N1CCC[C@H]1C(=O)N1CC2(C)CN(CC3=CC[C@@H]4C[C@H]3C4(C)C)CC(C)(C1)C2=O. The second kappa shape index (κ2) is 8.31. The molecule has 3 aliphatic heterocycles. The highest BCUT2D eigenvalue weighted by Crippen LogP contribution is 2.59. The Hall–Kier alpha value is -1.89. The van der Waals surface area contributed by atoms with Crippen LogP contribution in [-0.2, 0) is 14.3 Å². The minimum Gasteiger partial charge on any atom is -0.444 e. The third-order valence-electron chi connectivity index (χ3n) is 9.79. The number of rotatable bonds is 3. The van der Waals surface area contributed by atoms with E-state index in [4.69, 9.17) is 4.74 Å². The van der Waals surface area contributed by atoms with Crippen molar-refractivity contribution in [1.82, 2.24) is 14.7 Å². The Bertz CT molecular complexity index is 973. The first-order valence-electron chi connectivity index (χ1n) is 13.9. The zero-order chi connectivity index (χ0) is 26.3. The number of piperidine rings is 2. The third kappa shape index (κ3) is 4.19. The molecule has 0 radical (unpaired) electrons. The number of carbonyl (C=O) groups is 3. The molecule has 6 rings (SSSR count). The van der Waals surface area contributed by atoms with Gasteiger partial charge in [-0.3, -0.25) is 19.4 Å². The lowest BCUT2D eigenvalue weighted by molar-refractivity contribution is -0.164. The van der Waals surface area contributed by atoms with Crippen LogP contribution in [0.15, 0.2) is 11.6 Å². The smallest absolute Gasteiger partial charge is 0.410 e. The van der Waals surface area contributed by atoms with Crippen LogP contribution >= 0.6 is 0 Å². The molecule has 3 saturated heterocycles. The van der Waals surface area contributed by atoms with E-state index in [1.54, 1.807) is 10.5 Å². The first kappa shape index (κ1) is 25.7. The van der Waals surface area contributed by atoms with Gasteiger partial charge in [-0.1, -0.05) is 25.5 Å². The Morgan fingerprint density at radius 1 is 1.06 bits per heavy atom. The summed E-state index contributed by atoms with van der Waals surface area (Å²) < 4.78 is 5.58. The number of likely N-dealkylation sites (tertiary alicyclic amines) is 3. The second-order valence-electron chi connectivity index (χ2n) is 14.4. The van der Waals surface area contributed by atoms with Crippen molar-refractivity contribution in [2.24, 2.45) is 28.1 Å². The van der Waals surface area contributed by atoms with Gasteiger partial charge in [0.2, 0.25) is 5.91 Å². The molecule has 0 N–H and O–H groups in total. The average Bonchev–Trinajstić information content (AvgIpc) is 3.24. The molecule has 0 aromatic heterocycles. The van der Waals surface area contributed by atoms with E-state index in [2.05, 4.69) is 24.8 Å². The standard InChI is InChI=1S/C29H45N3O4/c1-26(2,3)36-25(35)32-12-8-9-22(32)23(33)31-17-28(6)15-30(16-29(7,18-31)24(28)34)14-19-10-11-20-13-21(19)27(20,4)5/h10,20-22H,8-9,11-18H2,1-7H3/t20-,21-,22+,28?,29?/m1/s1. The summed E-state index contributed by atoms with van der Waals surface area (Å²) in [6, 6.07) is -0.502. The van der Waals surface area contributed by atoms with Gasteiger partial charge in [0.1, 0.15) is 11.6 Å². The van der Waals surface area contributed by atoms with Crippen molar-refractivity contribution in [2.45, 2.75) is 85.8 Å². The molecule has 4 fully saturated rings. The van der Waals surface area contributed by atoms with Crippen LogP contribution in [0.5, 0.6) is 0 Å². The summed E-state index contributed by atoms with van der Waals surface area (Å²) in [4.78, 5) is 46.1. The summed E-state index contributed by atoms with van der Waals surface area (Å²) in [5.74, 6) is 1.73. The molecule has 7 nitrogen and oxygen atoms in total. The van der Waals surface area contributed by atoms with Gasteiger partial charge in [-0.25, -0.2) is 4.79 Å². The molecule has 2 amide bonds. The Labute approximate surface area is 216 Å². The van der Waals surface area contributed by atoms with E-state index in [1.807, 2.05) is 39.5 Å². The normalized spacial score (nSPS) is 37.9. The van der Waals surface area contributed by atoms with E-state index in [1.165, 1.54) is 12.8 Å². The van der Waals surface area contributed by atoms with Crippen LogP contribution in [0.25, 0.3) is 0 Å². The number of Topliss-reactive ketones (excluding diaryl/α,β-unsaturated/α-hetero) is 1. The lowest BCUT2D eigenvalue weighted by atomic mass is 9.49. The zero-order valence-corrected chi connectivity index (χ0v) is 23.4. The highest BCUT2D eigenvalue weighted by atomic mass is 16.6. The van der Waals surface area contributed by atoms with Gasteiger partial charge >= 0.3 is 6.09 Å². The maximum absolute atomic E-state index is 13.8. The van der Waals surface area contributed by atoms with Crippen molar-refractivity contribution in [1.29, 1.82) is 0 Å². The van der Waals surface area contributed by atoms with Crippen LogP contribution in [0.1, 0.15) is 74.1 Å². The summed E-state index contributed by atoms with van der Waals surface area (Å²) in [5.41, 5.74) is 0.153. The molecule has 0 aromatic rings. The van der Waals surface area contributed by atoms with Crippen LogP contribution in [0.3, 0.4) is 0 Å². The van der Waals surface area contributed by atoms with Crippen molar-refractivity contribution in [3.05, 3.63) is 11.6 Å². The summed E-state index contributed by atoms with van der Waals surface area (Å²) >= 11 is 0. The minimum atomic E-state index is -0.602. The maximum Gasteiger partial charge on any atom is 0.410 e. The fourth-order valence-corrected chi connectivity index (χ4v) is 8.01. The van der Waals surface area contributed by atoms with E-state index < -0.39 is 28.6 Å². The maximum atomic E-state index is 13.8. The van der Waals surface area contributed by atoms with E-state index in [0.29, 0.717) is 50.5 Å². The molecule has 5 atom stereocenters. The zero-order valence-electron chi connectivity index (χ0n) is 23.4. The molecule has 6 aliphatic rings. The fourth-order valence-electron chi connectivity index (χ4n) is 8.01. The summed E-state index contributed by atoms with van der Waals surface area (Å²) in [7, 11) is 0. The molecule has 7 heteroatoms. The first-order valence-corrected chi connectivity index (χ1v) is 13.9. The number of ether oxygens (including phenoxy) is 1. The largest absolute Gasteiger partial charge is 0.444 e. The number of carbonyl (C=O) groups excluding carboxylic acids is 3. The van der Waals surface area contributed by atoms with E-state index in [0.717, 1.165) is 18.9 Å². The van der Waals surface area contributed by atoms with E-state index >= 15 is 0 Å². The number of allylic oxidation sites excluding steroid dienone is 1. The summed E-state index contributed by atoms with van der Waals surface area (Å²) in [6.45, 7) is 18.1. The molecular weight excluding hydrogens is 454 g/mol. The molecule has 3 aliphatic carbocycles. The molecule has 0 spiro atoms. The molecule has 200 valence electrons. The van der Waals surface area contributed by atoms with E-state index in [9.17, 15) is 14.4 Å². The quantitative estimate of drug-likeness (QED) is 0.547. The molecule has 4 bridgehead atoms. The Kier molecular flexibility index (Phi) is 5.94. The van der Waals surface area contributed by atoms with Crippen molar-refractivity contribution in [3.63, 3.8) is 0 Å². The molecule has 3 heterocycles. The third-order valence-corrected chi connectivity index (χ3v) is 9.79. The van der Waals surface area contributed by atoms with Crippen molar-refractivity contribution in [2.75, 3.05) is 39.3 Å². The first-order chi connectivity index (χ1) is 16.6. The van der Waals surface area contributed by atoms with Crippen LogP contribution in [0, 0.1) is 28.1 Å². The van der Waals surface area contributed by atoms with Gasteiger partial charge in [0.05, 0.1) is 10.8 Å². The van der Waals surface area contributed by atoms with Gasteiger partial charge in [0.15, 0.2) is 5.78 Å². The lowest BCUT2D eigenvalue weighted by Crippen LogP contribution is -2.70. The second-order valence-corrected chi connectivity index (χ2v) is 14.4.